The largest absolute Gasteiger partial charge is 0.480 e. The van der Waals surface area contributed by atoms with Crippen LogP contribution in [-0.4, -0.2) is 165 Å². The zero-order valence-electron chi connectivity index (χ0n) is 38.9. The van der Waals surface area contributed by atoms with Crippen molar-refractivity contribution < 1.29 is 72.7 Å². The Balaban J connectivity index is 2.17. The number of rotatable bonds is 31. The van der Waals surface area contributed by atoms with Crippen molar-refractivity contribution in [1.29, 1.82) is 0 Å². The topological polar surface area (TPSA) is 443 Å². The maximum Gasteiger partial charge on any atom is 0.352 e. The van der Waals surface area contributed by atoms with Crippen molar-refractivity contribution in [3.8, 4) is 0 Å². The van der Waals surface area contributed by atoms with E-state index < -0.39 is 150 Å². The Kier molecular flexibility index (Phi) is 23.7. The van der Waals surface area contributed by atoms with Crippen molar-refractivity contribution >= 4 is 71.0 Å². The molecule has 7 unspecified atom stereocenters. The second kappa shape index (κ2) is 27.5. The van der Waals surface area contributed by atoms with Crippen LogP contribution in [0.5, 0.6) is 0 Å². The van der Waals surface area contributed by atoms with Crippen LogP contribution in [0, 0.1) is 11.8 Å². The molecule has 0 radical (unpaired) electrons. The second-order valence-electron chi connectivity index (χ2n) is 17.1. The Morgan fingerprint density at radius 3 is 1.88 bits per heavy atom. The summed E-state index contributed by atoms with van der Waals surface area (Å²) in [5.74, 6) is -10.7. The number of nitrogens with zero attached hydrogens (tertiary/aromatic N) is 1. The van der Waals surface area contributed by atoms with Crippen LogP contribution in [0.15, 0.2) is 11.3 Å². The van der Waals surface area contributed by atoms with Crippen molar-refractivity contribution in [3.63, 3.8) is 0 Å². The number of aliphatic hydroxyl groups excluding tert-OH is 1. The molecule has 26 nitrogen and oxygen atoms in total. The predicted molar refractivity (Wildman–Crippen MR) is 242 cm³/mol. The number of carbonyl (C=O) groups excluding carboxylic acids is 8. The molecule has 2 aliphatic rings. The molecule has 0 aromatic rings. The first kappa shape index (κ1) is 58.7. The first-order chi connectivity index (χ1) is 31.9. The Labute approximate surface area is 397 Å². The van der Waals surface area contributed by atoms with Gasteiger partial charge in [0.1, 0.15) is 41.8 Å². The van der Waals surface area contributed by atoms with Gasteiger partial charge in [-0.3, -0.25) is 48.1 Å². The van der Waals surface area contributed by atoms with E-state index in [1.807, 2.05) is 0 Å². The summed E-state index contributed by atoms with van der Waals surface area (Å²) in [7, 11) is 1.14. The van der Waals surface area contributed by atoms with Gasteiger partial charge in [-0.25, -0.2) is 4.79 Å². The van der Waals surface area contributed by atoms with Gasteiger partial charge in [0, 0.05) is 31.3 Å². The van der Waals surface area contributed by atoms with Crippen LogP contribution in [0.2, 0.25) is 0 Å². The van der Waals surface area contributed by atoms with Crippen LogP contribution in [-0.2, 0) is 57.4 Å². The average Bonchev–Trinajstić information content (AvgIpc) is 3.27. The molecule has 2 rings (SSSR count). The molecule has 0 saturated carbocycles. The molecule has 9 atom stereocenters. The molecule has 68 heavy (non-hydrogen) atoms. The summed E-state index contributed by atoms with van der Waals surface area (Å²) in [5.41, 5.74) is 25.5. The Hall–Kier alpha value is -5.45. The highest BCUT2D eigenvalue weighted by molar-refractivity contribution is 8.00. The van der Waals surface area contributed by atoms with Crippen LogP contribution in [0.4, 0.5) is 0 Å². The van der Waals surface area contributed by atoms with E-state index in [4.69, 9.17) is 43.2 Å². The first-order valence-corrected chi connectivity index (χ1v) is 23.2. The van der Waals surface area contributed by atoms with Gasteiger partial charge in [0.15, 0.2) is 0 Å². The summed E-state index contributed by atoms with van der Waals surface area (Å²) in [5, 5.41) is 41.9. The van der Waals surface area contributed by atoms with Gasteiger partial charge in [-0.05, 0) is 63.5 Å². The standard InChI is InChI=1S/C41H69N11O15S/c1-19(2)30(49-33(57)22(44)10-7-13-42)35(59)47-24(11-8-14-43)34(58)50-31(20(3)4)36(60)48-25(15-27(46)54)26(53)16-29(56)67-17-21-18-68-40-41(66-5,39(65)52(40)32(21)38(63)64)51-28(55)12-6-9-23(45)37(61)62/h19-20,22-26,30-31,40,53H,6-18,42-45H2,1-5H3,(H2,46,54)(H,47,59)(H,48,60)(H,49,57)(H,50,58)(H,51,55)(H,61,62)(H,63,64)/t22?,23-,24?,25?,26?,30?,31?,40?,41-/m0/s1. The summed E-state index contributed by atoms with van der Waals surface area (Å²) in [6.45, 7) is 6.33. The Bertz CT molecular complexity index is 1890. The highest BCUT2D eigenvalue weighted by Crippen LogP contribution is 2.46. The molecule has 0 aromatic carbocycles. The van der Waals surface area contributed by atoms with Gasteiger partial charge in [0.05, 0.1) is 24.6 Å². The molecule has 18 N–H and O–H groups in total. The van der Waals surface area contributed by atoms with Crippen molar-refractivity contribution in [2.45, 2.75) is 139 Å². The van der Waals surface area contributed by atoms with Crippen molar-refractivity contribution in [2.75, 3.05) is 32.6 Å². The minimum atomic E-state index is -1.96. The van der Waals surface area contributed by atoms with Gasteiger partial charge in [-0.15, -0.1) is 11.8 Å². The average molecular weight is 988 g/mol. The van der Waals surface area contributed by atoms with Gasteiger partial charge in [-0.1, -0.05) is 27.7 Å². The number of ether oxygens (including phenoxy) is 2. The molecule has 0 aromatic heterocycles. The van der Waals surface area contributed by atoms with Gasteiger partial charge >= 0.3 is 17.9 Å². The molecule has 0 bridgehead atoms. The number of carbonyl (C=O) groups is 10. The fourth-order valence-electron chi connectivity index (χ4n) is 7.15. The van der Waals surface area contributed by atoms with Gasteiger partial charge < -0.3 is 80.0 Å². The zero-order chi connectivity index (χ0) is 51.6. The van der Waals surface area contributed by atoms with E-state index in [1.54, 1.807) is 27.7 Å². The number of methoxy groups -OCH3 is 1. The zero-order valence-corrected chi connectivity index (χ0v) is 39.8. The quantitative estimate of drug-likeness (QED) is 0.0177. The van der Waals surface area contributed by atoms with E-state index in [0.29, 0.717) is 13.0 Å². The highest BCUT2D eigenvalue weighted by Gasteiger charge is 2.66. The molecule has 0 spiro atoms. The minimum absolute atomic E-state index is 0.0245. The number of fused-ring (bicyclic) bond motifs is 1. The molecular formula is C41H69N11O15S. The lowest BCUT2D eigenvalue weighted by molar-refractivity contribution is -0.192. The number of nitrogens with two attached hydrogens (primary N) is 5. The van der Waals surface area contributed by atoms with E-state index in [2.05, 4.69) is 26.6 Å². The number of carboxylic acids is 2. The van der Waals surface area contributed by atoms with Crippen LogP contribution < -0.4 is 55.3 Å². The SMILES string of the molecule is CO[C@@]1(NC(=O)CCC[C@H](N)C(=O)O)C(=O)N2C(C(=O)O)=C(COC(=O)CC(O)C(CC(N)=O)NC(=O)C(NC(=O)C(CCCN)NC(=O)C(NC(=O)C(N)CCCN)C(C)C)C(C)C)CSC21. The minimum Gasteiger partial charge on any atom is -0.480 e. The maximum atomic E-state index is 13.7. The summed E-state index contributed by atoms with van der Waals surface area (Å²) in [6, 6.07) is -7.28. The normalized spacial score (nSPS) is 19.8. The van der Waals surface area contributed by atoms with E-state index in [0.717, 1.165) is 23.8 Å². The third-order valence-corrected chi connectivity index (χ3v) is 12.4. The van der Waals surface area contributed by atoms with Crippen LogP contribution in [0.3, 0.4) is 0 Å². The van der Waals surface area contributed by atoms with Crippen LogP contribution in [0.25, 0.3) is 0 Å². The number of carboxylic acid groups (broad SMARTS) is 2. The van der Waals surface area contributed by atoms with E-state index in [-0.39, 0.29) is 56.4 Å². The van der Waals surface area contributed by atoms with Gasteiger partial charge in [-0.2, -0.15) is 0 Å². The van der Waals surface area contributed by atoms with Crippen molar-refractivity contribution in [2.24, 2.45) is 40.5 Å². The third-order valence-electron chi connectivity index (χ3n) is 11.1. The molecule has 0 aliphatic carbocycles. The third kappa shape index (κ3) is 16.4. The lowest BCUT2D eigenvalue weighted by Gasteiger charge is -2.55. The molecular weight excluding hydrogens is 919 g/mol. The molecule has 1 saturated heterocycles. The fraction of sp³-hybridized carbons (Fsp3) is 0.707. The number of amides is 7. The Morgan fingerprint density at radius 2 is 1.35 bits per heavy atom. The maximum absolute atomic E-state index is 13.7. The number of nitrogens with one attached hydrogen (secondary N) is 5. The van der Waals surface area contributed by atoms with E-state index >= 15 is 0 Å². The highest BCUT2D eigenvalue weighted by atomic mass is 32.2. The molecule has 7 amide bonds. The predicted octanol–water partition coefficient (Wildman–Crippen LogP) is -4.49. The van der Waals surface area contributed by atoms with E-state index in [1.165, 1.54) is 0 Å². The number of hydrogen-bond donors (Lipinski definition) is 13. The number of thioether (sulfide) groups is 1. The van der Waals surface area contributed by atoms with Gasteiger partial charge in [0.2, 0.25) is 35.4 Å². The summed E-state index contributed by atoms with van der Waals surface area (Å²) >= 11 is 0.989. The number of primary amides is 1. The number of esters is 1. The second-order valence-corrected chi connectivity index (χ2v) is 18.2. The van der Waals surface area contributed by atoms with Crippen molar-refractivity contribution in [1.82, 2.24) is 31.5 Å². The van der Waals surface area contributed by atoms with E-state index in [9.17, 15) is 58.2 Å². The van der Waals surface area contributed by atoms with Crippen LogP contribution in [0.1, 0.15) is 85.5 Å². The van der Waals surface area contributed by atoms with Crippen molar-refractivity contribution in [3.05, 3.63) is 11.3 Å². The molecule has 27 heteroatoms. The number of aliphatic hydroxyl groups is 1. The number of hydrogen-bond acceptors (Lipinski definition) is 18. The number of aliphatic carboxylic acids is 2. The summed E-state index contributed by atoms with van der Waals surface area (Å²) < 4.78 is 10.7. The smallest absolute Gasteiger partial charge is 0.352 e. The molecule has 2 aliphatic heterocycles. The Morgan fingerprint density at radius 1 is 0.794 bits per heavy atom. The molecule has 384 valence electrons. The number of β-lactam (4-membered cyclic amide) rings is 1. The lowest BCUT2D eigenvalue weighted by Crippen LogP contribution is -2.80. The van der Waals surface area contributed by atoms with Crippen LogP contribution >= 0.6 is 11.8 Å². The monoisotopic (exact) mass is 987 g/mol. The summed E-state index contributed by atoms with van der Waals surface area (Å²) in [6.07, 6.45) is -2.41. The first-order valence-electron chi connectivity index (χ1n) is 22.1. The van der Waals surface area contributed by atoms with Gasteiger partial charge in [0.25, 0.3) is 11.6 Å². The molecule has 2 heterocycles. The lowest BCUT2D eigenvalue weighted by atomic mass is 9.97. The molecule has 1 fully saturated rings. The fourth-order valence-corrected chi connectivity index (χ4v) is 8.57. The summed E-state index contributed by atoms with van der Waals surface area (Å²) in [4.78, 5) is 129.